The number of aromatic nitrogens is 1. The number of nitrogens with zero attached hydrogens (tertiary/aromatic N) is 1. The first-order chi connectivity index (χ1) is 14.9. The molecule has 0 saturated heterocycles. The Hall–Kier alpha value is -2.10. The van der Waals surface area contributed by atoms with Crippen molar-refractivity contribution in [3.63, 3.8) is 0 Å². The first-order valence-corrected chi connectivity index (χ1v) is 12.6. The van der Waals surface area contributed by atoms with Crippen molar-refractivity contribution in [3.05, 3.63) is 46.5 Å². The van der Waals surface area contributed by atoms with Crippen LogP contribution >= 0.6 is 11.3 Å². The van der Waals surface area contributed by atoms with Crippen molar-refractivity contribution in [1.29, 1.82) is 0 Å². The van der Waals surface area contributed by atoms with Gasteiger partial charge in [0.2, 0.25) is 5.91 Å². The molecule has 31 heavy (non-hydrogen) atoms. The Bertz CT molecular complexity index is 907. The molecule has 2 aromatic rings. The quantitative estimate of drug-likeness (QED) is 0.422. The summed E-state index contributed by atoms with van der Waals surface area (Å²) in [5.74, 6) is -0.267. The van der Waals surface area contributed by atoms with E-state index in [0.29, 0.717) is 23.0 Å². The maximum absolute atomic E-state index is 13.2. The highest BCUT2D eigenvalue weighted by molar-refractivity contribution is 7.78. The number of ether oxygens (including phenoxy) is 1. The molecule has 1 saturated carbocycles. The van der Waals surface area contributed by atoms with Gasteiger partial charge in [0, 0.05) is 24.5 Å². The predicted molar refractivity (Wildman–Crippen MR) is 119 cm³/mol. The van der Waals surface area contributed by atoms with Crippen LogP contribution in [0.15, 0.2) is 29.6 Å². The van der Waals surface area contributed by atoms with Crippen LogP contribution in [0.1, 0.15) is 61.8 Å². The average Bonchev–Trinajstić information content (AvgIpc) is 3.38. The highest BCUT2D eigenvalue weighted by atomic mass is 32.2. The smallest absolute Gasteiger partial charge is 0.302 e. The Kier molecular flexibility index (Phi) is 8.74. The predicted octanol–water partition coefficient (Wildman–Crippen LogP) is 3.93. The average molecular weight is 464 g/mol. The Balaban J connectivity index is 1.68. The minimum Gasteiger partial charge on any atom is -0.772 e. The molecule has 168 valence electrons. The molecule has 1 aromatic carbocycles. The van der Waals surface area contributed by atoms with Crippen LogP contribution in [-0.2, 0) is 37.6 Å². The van der Waals surface area contributed by atoms with Crippen molar-refractivity contribution in [3.8, 4) is 0 Å². The zero-order valence-electron chi connectivity index (χ0n) is 17.5. The summed E-state index contributed by atoms with van der Waals surface area (Å²) in [6.07, 6.45) is 5.93. The van der Waals surface area contributed by atoms with E-state index in [1.165, 1.54) is 31.1 Å². The summed E-state index contributed by atoms with van der Waals surface area (Å²) in [5, 5.41) is 5.32. The molecule has 1 heterocycles. The van der Waals surface area contributed by atoms with E-state index in [-0.39, 0.29) is 30.2 Å². The first kappa shape index (κ1) is 23.6. The molecule has 2 atom stereocenters. The SMILES string of the molecule is CC(=O)OCCc1csc(NC(=O)C(CC2CCCC2)c2ccc(CS(=O)[O-])cc2)n1. The lowest BCUT2D eigenvalue weighted by Crippen LogP contribution is -2.23. The first-order valence-electron chi connectivity index (χ1n) is 10.4. The fourth-order valence-electron chi connectivity index (χ4n) is 3.93. The van der Waals surface area contributed by atoms with E-state index in [4.69, 9.17) is 4.74 Å². The second kappa shape index (κ2) is 11.5. The summed E-state index contributed by atoms with van der Waals surface area (Å²) in [6.45, 7) is 1.63. The third-order valence-corrected chi connectivity index (χ3v) is 6.85. The van der Waals surface area contributed by atoms with Gasteiger partial charge in [-0.3, -0.25) is 13.8 Å². The van der Waals surface area contributed by atoms with Crippen molar-refractivity contribution in [2.45, 2.75) is 57.1 Å². The van der Waals surface area contributed by atoms with Gasteiger partial charge in [-0.25, -0.2) is 4.98 Å². The molecule has 7 nitrogen and oxygen atoms in total. The summed E-state index contributed by atoms with van der Waals surface area (Å²) in [5.41, 5.74) is 2.36. The molecule has 1 aliphatic rings. The topological polar surface area (TPSA) is 108 Å². The monoisotopic (exact) mass is 463 g/mol. The van der Waals surface area contributed by atoms with Gasteiger partial charge in [-0.2, -0.15) is 0 Å². The van der Waals surface area contributed by atoms with Crippen LogP contribution in [0.5, 0.6) is 0 Å². The maximum Gasteiger partial charge on any atom is 0.302 e. The van der Waals surface area contributed by atoms with E-state index in [1.807, 2.05) is 17.5 Å². The molecule has 1 aromatic heterocycles. The van der Waals surface area contributed by atoms with Crippen molar-refractivity contribution < 1.29 is 23.1 Å². The summed E-state index contributed by atoms with van der Waals surface area (Å²) in [4.78, 5) is 28.5. The molecule has 1 fully saturated rings. The summed E-state index contributed by atoms with van der Waals surface area (Å²) >= 11 is -0.790. The lowest BCUT2D eigenvalue weighted by Gasteiger charge is -2.20. The van der Waals surface area contributed by atoms with E-state index < -0.39 is 11.1 Å². The van der Waals surface area contributed by atoms with Crippen molar-refractivity contribution in [2.75, 3.05) is 11.9 Å². The second-order valence-corrected chi connectivity index (χ2v) is 9.61. The van der Waals surface area contributed by atoms with Gasteiger partial charge in [0.25, 0.3) is 0 Å². The Morgan fingerprint density at radius 2 is 2.00 bits per heavy atom. The minimum atomic E-state index is -2.14. The largest absolute Gasteiger partial charge is 0.772 e. The van der Waals surface area contributed by atoms with E-state index in [9.17, 15) is 18.4 Å². The minimum absolute atomic E-state index is 0.0327. The van der Waals surface area contributed by atoms with Crippen molar-refractivity contribution >= 4 is 39.4 Å². The van der Waals surface area contributed by atoms with Crippen LogP contribution in [0.3, 0.4) is 0 Å². The number of carbonyl (C=O) groups is 2. The van der Waals surface area contributed by atoms with Gasteiger partial charge in [-0.1, -0.05) is 61.0 Å². The van der Waals surface area contributed by atoms with Crippen LogP contribution in [0.2, 0.25) is 0 Å². The molecule has 3 rings (SSSR count). The summed E-state index contributed by atoms with van der Waals surface area (Å²) in [7, 11) is 0. The van der Waals surface area contributed by atoms with Crippen LogP contribution in [0, 0.1) is 5.92 Å². The molecule has 1 N–H and O–H groups in total. The zero-order valence-corrected chi connectivity index (χ0v) is 19.1. The lowest BCUT2D eigenvalue weighted by molar-refractivity contribution is -0.140. The molecule has 0 bridgehead atoms. The molecule has 1 aliphatic carbocycles. The van der Waals surface area contributed by atoms with Crippen LogP contribution < -0.4 is 5.32 Å². The van der Waals surface area contributed by atoms with Crippen LogP contribution in [0.25, 0.3) is 0 Å². The number of esters is 1. The Morgan fingerprint density at radius 3 is 2.65 bits per heavy atom. The number of hydrogen-bond acceptors (Lipinski definition) is 7. The molecule has 0 radical (unpaired) electrons. The molecular formula is C22H27N2O5S2-. The third kappa shape index (κ3) is 7.52. The van der Waals surface area contributed by atoms with E-state index in [2.05, 4.69) is 10.3 Å². The van der Waals surface area contributed by atoms with Gasteiger partial charge in [-0.05, 0) is 23.5 Å². The number of hydrogen-bond donors (Lipinski definition) is 1. The summed E-state index contributed by atoms with van der Waals surface area (Å²) < 4.78 is 26.8. The highest BCUT2D eigenvalue weighted by Gasteiger charge is 2.27. The number of rotatable bonds is 10. The number of nitrogens with one attached hydrogen (secondary N) is 1. The van der Waals surface area contributed by atoms with Gasteiger partial charge < -0.3 is 14.6 Å². The van der Waals surface area contributed by atoms with Crippen molar-refractivity contribution in [1.82, 2.24) is 4.98 Å². The third-order valence-electron chi connectivity index (χ3n) is 5.47. The van der Waals surface area contributed by atoms with Crippen LogP contribution in [-0.4, -0.2) is 32.2 Å². The van der Waals surface area contributed by atoms with Gasteiger partial charge in [0.15, 0.2) is 5.13 Å². The number of benzene rings is 1. The summed E-state index contributed by atoms with van der Waals surface area (Å²) in [6, 6.07) is 7.26. The van der Waals surface area contributed by atoms with Crippen molar-refractivity contribution in [2.24, 2.45) is 5.92 Å². The number of amides is 1. The molecule has 2 unspecified atom stereocenters. The standard InChI is InChI=1S/C22H28N2O5S2/c1-15(25)29-11-10-19-13-30-22(23-19)24-21(26)20(12-16-4-2-3-5-16)18-8-6-17(7-9-18)14-31(27)28/h6-9,13,16,20H,2-5,10-12,14H2,1H3,(H,27,28)(H,23,24,26)/p-1. The van der Waals surface area contributed by atoms with Crippen LogP contribution in [0.4, 0.5) is 5.13 Å². The second-order valence-electron chi connectivity index (χ2n) is 7.85. The molecule has 1 amide bonds. The fraction of sp³-hybridized carbons (Fsp3) is 0.500. The Morgan fingerprint density at radius 1 is 1.29 bits per heavy atom. The molecular weight excluding hydrogens is 436 g/mol. The number of anilines is 1. The van der Waals surface area contributed by atoms with E-state index in [1.54, 1.807) is 12.1 Å². The van der Waals surface area contributed by atoms with Gasteiger partial charge in [0.05, 0.1) is 18.2 Å². The zero-order chi connectivity index (χ0) is 22.2. The number of carbonyl (C=O) groups excluding carboxylic acids is 2. The van der Waals surface area contributed by atoms with Gasteiger partial charge >= 0.3 is 5.97 Å². The fourth-order valence-corrected chi connectivity index (χ4v) is 5.14. The maximum atomic E-state index is 13.2. The normalized spacial score (nSPS) is 16.1. The highest BCUT2D eigenvalue weighted by Crippen LogP contribution is 2.35. The lowest BCUT2D eigenvalue weighted by atomic mass is 9.87. The molecule has 9 heteroatoms. The van der Waals surface area contributed by atoms with E-state index >= 15 is 0 Å². The Labute approximate surface area is 188 Å². The molecule has 0 spiro atoms. The molecule has 0 aliphatic heterocycles. The van der Waals surface area contributed by atoms with Gasteiger partial charge in [0.1, 0.15) is 0 Å². The number of thiazole rings is 1. The van der Waals surface area contributed by atoms with Gasteiger partial charge in [-0.15, -0.1) is 11.3 Å². The van der Waals surface area contributed by atoms with E-state index in [0.717, 1.165) is 30.5 Å².